The van der Waals surface area contributed by atoms with Gasteiger partial charge in [0.25, 0.3) is 0 Å². The van der Waals surface area contributed by atoms with Gasteiger partial charge in [-0.1, -0.05) is 19.3 Å². The fourth-order valence-electron chi connectivity index (χ4n) is 2.19. The molecule has 0 atom stereocenters. The molecule has 0 saturated heterocycles. The number of hydrogen-bond acceptors (Lipinski definition) is 2. The van der Waals surface area contributed by atoms with Gasteiger partial charge in [-0.25, -0.2) is 4.99 Å². The van der Waals surface area contributed by atoms with Crippen molar-refractivity contribution in [3.63, 3.8) is 0 Å². The predicted octanol–water partition coefficient (Wildman–Crippen LogP) is 1.96. The van der Waals surface area contributed by atoms with E-state index in [1.165, 1.54) is 19.3 Å². The highest BCUT2D eigenvalue weighted by atomic mass is 15.3. The van der Waals surface area contributed by atoms with Gasteiger partial charge in [0.1, 0.15) is 0 Å². The maximum absolute atomic E-state index is 5.89. The third-order valence-corrected chi connectivity index (χ3v) is 3.13. The third-order valence-electron chi connectivity index (χ3n) is 3.13. The molecule has 0 aromatic carbocycles. The summed E-state index contributed by atoms with van der Waals surface area (Å²) in [5.41, 5.74) is 6.80. The van der Waals surface area contributed by atoms with E-state index in [1.54, 1.807) is 6.20 Å². The van der Waals surface area contributed by atoms with Crippen LogP contribution in [-0.2, 0) is 6.54 Å². The summed E-state index contributed by atoms with van der Waals surface area (Å²) in [7, 11) is 0. The van der Waals surface area contributed by atoms with E-state index in [1.807, 2.05) is 10.9 Å². The van der Waals surface area contributed by atoms with E-state index in [2.05, 4.69) is 22.3 Å². The van der Waals surface area contributed by atoms with Crippen molar-refractivity contribution in [2.45, 2.75) is 51.6 Å². The van der Waals surface area contributed by atoms with Crippen LogP contribution in [0.3, 0.4) is 0 Å². The van der Waals surface area contributed by atoms with Gasteiger partial charge in [-0.15, -0.1) is 0 Å². The Labute approximate surface area is 102 Å². The van der Waals surface area contributed by atoms with E-state index in [4.69, 9.17) is 5.73 Å². The normalized spacial score (nSPS) is 18.3. The minimum absolute atomic E-state index is 0.400. The summed E-state index contributed by atoms with van der Waals surface area (Å²) < 4.78 is 1.86. The van der Waals surface area contributed by atoms with Crippen molar-refractivity contribution < 1.29 is 0 Å². The Morgan fingerprint density at radius 1 is 1.53 bits per heavy atom. The third kappa shape index (κ3) is 3.47. The number of aliphatic imine (C=N–C) groups is 1. The van der Waals surface area contributed by atoms with E-state index < -0.39 is 0 Å². The molecule has 0 radical (unpaired) electrons. The number of nitrogens with two attached hydrogens (primary N) is 1. The molecule has 0 amide bonds. The lowest BCUT2D eigenvalue weighted by Gasteiger charge is -2.18. The Balaban J connectivity index is 1.90. The summed E-state index contributed by atoms with van der Waals surface area (Å²) in [6.07, 6.45) is 9.91. The van der Waals surface area contributed by atoms with Crippen LogP contribution in [0.1, 0.15) is 39.0 Å². The number of hydrogen-bond donors (Lipinski definition) is 2. The first-order chi connectivity index (χ1) is 8.28. The number of guanidine groups is 1. The zero-order valence-corrected chi connectivity index (χ0v) is 10.4. The van der Waals surface area contributed by atoms with Crippen LogP contribution in [0.25, 0.3) is 0 Å². The zero-order valence-electron chi connectivity index (χ0n) is 10.4. The zero-order chi connectivity index (χ0) is 12.1. The highest BCUT2D eigenvalue weighted by molar-refractivity contribution is 5.92. The summed E-state index contributed by atoms with van der Waals surface area (Å²) >= 11 is 0. The Kier molecular flexibility index (Phi) is 4.01. The lowest BCUT2D eigenvalue weighted by Crippen LogP contribution is -2.25. The molecule has 5 nitrogen and oxygen atoms in total. The lowest BCUT2D eigenvalue weighted by molar-refractivity contribution is 0.443. The molecular weight excluding hydrogens is 214 g/mol. The second-order valence-corrected chi connectivity index (χ2v) is 4.52. The average molecular weight is 235 g/mol. The van der Waals surface area contributed by atoms with Crippen LogP contribution >= 0.6 is 0 Å². The molecule has 3 N–H and O–H groups in total. The molecule has 0 bridgehead atoms. The molecule has 17 heavy (non-hydrogen) atoms. The highest BCUT2D eigenvalue weighted by Crippen LogP contribution is 2.20. The molecule has 1 saturated carbocycles. The first-order valence-corrected chi connectivity index (χ1v) is 6.40. The van der Waals surface area contributed by atoms with Crippen LogP contribution < -0.4 is 11.1 Å². The largest absolute Gasteiger partial charge is 0.370 e. The van der Waals surface area contributed by atoms with Crippen LogP contribution in [0.2, 0.25) is 0 Å². The van der Waals surface area contributed by atoms with E-state index >= 15 is 0 Å². The summed E-state index contributed by atoms with van der Waals surface area (Å²) in [4.78, 5) is 4.51. The fourth-order valence-corrected chi connectivity index (χ4v) is 2.19. The molecule has 1 heterocycles. The number of nitrogens with one attached hydrogen (secondary N) is 1. The van der Waals surface area contributed by atoms with Crippen molar-refractivity contribution in [2.24, 2.45) is 10.7 Å². The summed E-state index contributed by atoms with van der Waals surface area (Å²) in [5, 5.41) is 7.27. The second kappa shape index (κ2) is 5.70. The van der Waals surface area contributed by atoms with Crippen LogP contribution in [0.5, 0.6) is 0 Å². The van der Waals surface area contributed by atoms with Gasteiger partial charge in [-0.05, 0) is 19.8 Å². The van der Waals surface area contributed by atoms with Crippen molar-refractivity contribution in [3.05, 3.63) is 12.4 Å². The van der Waals surface area contributed by atoms with Crippen molar-refractivity contribution in [1.29, 1.82) is 0 Å². The second-order valence-electron chi connectivity index (χ2n) is 4.52. The predicted molar refractivity (Wildman–Crippen MR) is 70.0 cm³/mol. The van der Waals surface area contributed by atoms with E-state index in [-0.39, 0.29) is 0 Å². The van der Waals surface area contributed by atoms with Gasteiger partial charge < -0.3 is 11.1 Å². The van der Waals surface area contributed by atoms with Crippen molar-refractivity contribution in [3.8, 4) is 0 Å². The molecule has 0 aliphatic heterocycles. The quantitative estimate of drug-likeness (QED) is 0.621. The standard InChI is InChI=1S/C12H21N5/c1-2-17-9-11(8-14-17)16-12(13)15-10-6-4-3-5-7-10/h8-10H,2-7H2,1H3,(H3,13,15,16). The number of nitrogens with zero attached hydrogens (tertiary/aromatic N) is 3. The van der Waals surface area contributed by atoms with Gasteiger partial charge in [0.05, 0.1) is 17.9 Å². The summed E-state index contributed by atoms with van der Waals surface area (Å²) in [6, 6.07) is 0.400. The Morgan fingerprint density at radius 3 is 2.94 bits per heavy atom. The molecule has 2 rings (SSSR count). The van der Waals surface area contributed by atoms with Crippen molar-refractivity contribution in [1.82, 2.24) is 9.78 Å². The number of aryl methyl sites for hydroxylation is 1. The first-order valence-electron chi connectivity index (χ1n) is 6.40. The number of rotatable bonds is 3. The van der Waals surface area contributed by atoms with E-state index in [9.17, 15) is 0 Å². The van der Waals surface area contributed by atoms with Crippen LogP contribution in [0.15, 0.2) is 17.4 Å². The Hall–Kier alpha value is -1.52. The minimum atomic E-state index is 0.400. The minimum Gasteiger partial charge on any atom is -0.370 e. The molecule has 1 aromatic heterocycles. The van der Waals surface area contributed by atoms with E-state index in [0.717, 1.165) is 25.1 Å². The topological polar surface area (TPSA) is 68.2 Å². The van der Waals surface area contributed by atoms with Crippen molar-refractivity contribution in [2.75, 3.05) is 5.32 Å². The molecule has 1 aliphatic carbocycles. The number of aromatic nitrogens is 2. The van der Waals surface area contributed by atoms with Gasteiger partial charge in [0, 0.05) is 12.7 Å². The van der Waals surface area contributed by atoms with Gasteiger partial charge in [0.15, 0.2) is 5.96 Å². The summed E-state index contributed by atoms with van der Waals surface area (Å²) in [6.45, 7) is 2.91. The lowest BCUT2D eigenvalue weighted by atomic mass is 9.96. The summed E-state index contributed by atoms with van der Waals surface area (Å²) in [5.74, 6) is 0.507. The molecule has 94 valence electrons. The molecule has 0 spiro atoms. The molecule has 1 aromatic rings. The van der Waals surface area contributed by atoms with Gasteiger partial charge >= 0.3 is 0 Å². The van der Waals surface area contributed by atoms with Crippen LogP contribution in [0, 0.1) is 0 Å². The molecule has 1 aliphatic rings. The van der Waals surface area contributed by atoms with Crippen LogP contribution in [0.4, 0.5) is 5.69 Å². The molecule has 5 heteroatoms. The monoisotopic (exact) mass is 235 g/mol. The highest BCUT2D eigenvalue weighted by Gasteiger charge is 2.12. The fraction of sp³-hybridized carbons (Fsp3) is 0.667. The van der Waals surface area contributed by atoms with Gasteiger partial charge in [-0.3, -0.25) is 4.68 Å². The van der Waals surface area contributed by atoms with Gasteiger partial charge in [-0.2, -0.15) is 5.10 Å². The maximum atomic E-state index is 5.89. The maximum Gasteiger partial charge on any atom is 0.193 e. The van der Waals surface area contributed by atoms with Gasteiger partial charge in [0.2, 0.25) is 0 Å². The molecule has 1 fully saturated rings. The Bertz CT molecular complexity index is 376. The smallest absolute Gasteiger partial charge is 0.193 e. The molecule has 0 unspecified atom stereocenters. The molecular formula is C12H21N5. The average Bonchev–Trinajstić information content (AvgIpc) is 2.78. The van der Waals surface area contributed by atoms with Crippen LogP contribution in [-0.4, -0.2) is 21.8 Å². The van der Waals surface area contributed by atoms with E-state index in [0.29, 0.717) is 12.0 Å². The number of anilines is 1. The SMILES string of the molecule is CCn1cc(NC(N)=NC2CCCCC2)cn1. The Morgan fingerprint density at radius 2 is 2.29 bits per heavy atom. The van der Waals surface area contributed by atoms with Crippen molar-refractivity contribution >= 4 is 11.6 Å². The first kappa shape index (κ1) is 12.0.